The van der Waals surface area contributed by atoms with Crippen LogP contribution < -0.4 is 15.8 Å². The number of anilines is 1. The van der Waals surface area contributed by atoms with Crippen LogP contribution in [0.3, 0.4) is 0 Å². The second-order valence-corrected chi connectivity index (χ2v) is 6.45. The van der Waals surface area contributed by atoms with Gasteiger partial charge in [0.2, 0.25) is 0 Å². The molecule has 0 amide bonds. The maximum atomic E-state index is 6.19. The van der Waals surface area contributed by atoms with Crippen LogP contribution >= 0.6 is 24.0 Å². The van der Waals surface area contributed by atoms with Gasteiger partial charge >= 0.3 is 0 Å². The molecule has 2 rings (SSSR count). The lowest BCUT2D eigenvalue weighted by atomic mass is 10.0. The topological polar surface area (TPSA) is 72.1 Å². The molecule has 160 valence electrons. The highest BCUT2D eigenvalue weighted by Crippen LogP contribution is 2.25. The first-order valence-electron chi connectivity index (χ1n) is 9.64. The summed E-state index contributed by atoms with van der Waals surface area (Å²) in [5.74, 6) is 1.24. The minimum Gasteiger partial charge on any atom is -0.497 e. The Kier molecular flexibility index (Phi) is 11.6. The number of nitrogens with zero attached hydrogens (tertiary/aromatic N) is 2. The quantitative estimate of drug-likeness (QED) is 0.283. The van der Waals surface area contributed by atoms with Gasteiger partial charge in [0.1, 0.15) is 5.75 Å². The summed E-state index contributed by atoms with van der Waals surface area (Å²) in [5.41, 5.74) is 9.30. The molecule has 0 aromatic heterocycles. The highest BCUT2D eigenvalue weighted by atomic mass is 127. The molecule has 0 aliphatic carbocycles. The fraction of sp³-hybridized carbons (Fsp3) is 0.409. The molecule has 0 saturated carbocycles. The van der Waals surface area contributed by atoms with E-state index in [9.17, 15) is 0 Å². The Hall–Kier alpha value is -1.84. The average molecular weight is 512 g/mol. The number of ether oxygens (including phenoxy) is 2. The lowest BCUT2D eigenvalue weighted by Crippen LogP contribution is -2.32. The standard InChI is InChI=1S/C22H32N4O2.HI/c1-5-26(6-2)21(17-11-9-12-19(14-17)28-4)15-24-22(23)25-20-13-8-7-10-18(20)16-27-3;/h7-14,21H,5-6,15-16H2,1-4H3,(H3,23,24,25);1H. The van der Waals surface area contributed by atoms with Gasteiger partial charge in [-0.2, -0.15) is 0 Å². The molecule has 1 atom stereocenters. The predicted octanol–water partition coefficient (Wildman–Crippen LogP) is 4.27. The third kappa shape index (κ3) is 7.49. The summed E-state index contributed by atoms with van der Waals surface area (Å²) in [6.07, 6.45) is 0. The van der Waals surface area contributed by atoms with Crippen molar-refractivity contribution in [1.82, 2.24) is 4.90 Å². The van der Waals surface area contributed by atoms with Crippen LogP contribution in [-0.4, -0.2) is 44.7 Å². The van der Waals surface area contributed by atoms with Crippen LogP contribution in [0.1, 0.15) is 31.0 Å². The molecular weight excluding hydrogens is 479 g/mol. The zero-order chi connectivity index (χ0) is 20.4. The second kappa shape index (κ2) is 13.4. The van der Waals surface area contributed by atoms with Crippen molar-refractivity contribution in [3.05, 3.63) is 59.7 Å². The number of rotatable bonds is 10. The first kappa shape index (κ1) is 25.2. The molecule has 29 heavy (non-hydrogen) atoms. The Morgan fingerprint density at radius 1 is 1.10 bits per heavy atom. The number of para-hydroxylation sites is 1. The average Bonchev–Trinajstić information content (AvgIpc) is 2.72. The van der Waals surface area contributed by atoms with Crippen molar-refractivity contribution in [1.29, 1.82) is 0 Å². The van der Waals surface area contributed by atoms with E-state index in [1.165, 1.54) is 5.56 Å². The molecule has 0 bridgehead atoms. The van der Waals surface area contributed by atoms with Gasteiger partial charge in [-0.05, 0) is 36.9 Å². The Balaban J connectivity index is 0.00000420. The van der Waals surface area contributed by atoms with E-state index in [0.717, 1.165) is 30.1 Å². The van der Waals surface area contributed by atoms with Gasteiger partial charge in [0, 0.05) is 18.4 Å². The molecule has 7 heteroatoms. The second-order valence-electron chi connectivity index (χ2n) is 6.45. The molecule has 2 aromatic rings. The third-order valence-electron chi connectivity index (χ3n) is 4.75. The fourth-order valence-electron chi connectivity index (χ4n) is 3.23. The Bertz CT molecular complexity index is 766. The molecule has 6 nitrogen and oxygen atoms in total. The maximum absolute atomic E-state index is 6.19. The van der Waals surface area contributed by atoms with E-state index in [-0.39, 0.29) is 30.0 Å². The molecule has 3 N–H and O–H groups in total. The fourth-order valence-corrected chi connectivity index (χ4v) is 3.23. The number of hydrogen-bond acceptors (Lipinski definition) is 4. The summed E-state index contributed by atoms with van der Waals surface area (Å²) < 4.78 is 10.6. The van der Waals surface area contributed by atoms with Crippen LogP contribution in [0.2, 0.25) is 0 Å². The molecule has 0 saturated heterocycles. The van der Waals surface area contributed by atoms with Gasteiger partial charge in [-0.1, -0.05) is 44.2 Å². The zero-order valence-corrected chi connectivity index (χ0v) is 20.1. The van der Waals surface area contributed by atoms with E-state index in [4.69, 9.17) is 15.2 Å². The summed E-state index contributed by atoms with van der Waals surface area (Å²) in [6, 6.07) is 16.2. The Morgan fingerprint density at radius 3 is 2.48 bits per heavy atom. The zero-order valence-electron chi connectivity index (χ0n) is 17.7. The SMILES string of the molecule is CCN(CC)C(CN=C(N)Nc1ccccc1COC)c1cccc(OC)c1.I. The number of guanidine groups is 1. The smallest absolute Gasteiger partial charge is 0.193 e. The summed E-state index contributed by atoms with van der Waals surface area (Å²) in [7, 11) is 3.36. The summed E-state index contributed by atoms with van der Waals surface area (Å²) in [4.78, 5) is 7.00. The van der Waals surface area contributed by atoms with Crippen molar-refractivity contribution >= 4 is 35.6 Å². The minimum atomic E-state index is 0. The van der Waals surface area contributed by atoms with Gasteiger partial charge in [-0.15, -0.1) is 24.0 Å². The van der Waals surface area contributed by atoms with E-state index in [1.54, 1.807) is 14.2 Å². The molecule has 0 fully saturated rings. The highest BCUT2D eigenvalue weighted by molar-refractivity contribution is 14.0. The van der Waals surface area contributed by atoms with E-state index in [2.05, 4.69) is 41.2 Å². The number of nitrogens with two attached hydrogens (primary N) is 1. The molecule has 0 spiro atoms. The summed E-state index contributed by atoms with van der Waals surface area (Å²) in [6.45, 7) is 7.24. The van der Waals surface area contributed by atoms with E-state index in [0.29, 0.717) is 19.1 Å². The van der Waals surface area contributed by atoms with Crippen LogP contribution in [0.25, 0.3) is 0 Å². The first-order valence-corrected chi connectivity index (χ1v) is 9.64. The Morgan fingerprint density at radius 2 is 1.83 bits per heavy atom. The molecule has 0 aliphatic rings. The highest BCUT2D eigenvalue weighted by Gasteiger charge is 2.18. The van der Waals surface area contributed by atoms with Gasteiger partial charge in [-0.3, -0.25) is 9.89 Å². The normalized spacial score (nSPS) is 12.4. The lowest BCUT2D eigenvalue weighted by Gasteiger charge is -2.29. The van der Waals surface area contributed by atoms with Crippen LogP contribution in [0.4, 0.5) is 5.69 Å². The van der Waals surface area contributed by atoms with Gasteiger partial charge in [0.25, 0.3) is 0 Å². The van der Waals surface area contributed by atoms with Crippen LogP contribution in [0.15, 0.2) is 53.5 Å². The number of halogens is 1. The first-order chi connectivity index (χ1) is 13.6. The van der Waals surface area contributed by atoms with E-state index < -0.39 is 0 Å². The van der Waals surface area contributed by atoms with Crippen molar-refractivity contribution < 1.29 is 9.47 Å². The van der Waals surface area contributed by atoms with Crippen molar-refractivity contribution in [3.63, 3.8) is 0 Å². The van der Waals surface area contributed by atoms with Crippen molar-refractivity contribution in [2.75, 3.05) is 39.2 Å². The van der Waals surface area contributed by atoms with Crippen LogP contribution in [0.5, 0.6) is 5.75 Å². The van der Waals surface area contributed by atoms with E-state index in [1.807, 2.05) is 36.4 Å². The van der Waals surface area contributed by atoms with Gasteiger partial charge in [0.15, 0.2) is 5.96 Å². The van der Waals surface area contributed by atoms with Gasteiger partial charge in [-0.25, -0.2) is 0 Å². The molecule has 1 unspecified atom stereocenters. The minimum absolute atomic E-state index is 0. The number of benzene rings is 2. The van der Waals surface area contributed by atoms with Crippen LogP contribution in [0, 0.1) is 0 Å². The van der Waals surface area contributed by atoms with Gasteiger partial charge in [0.05, 0.1) is 26.3 Å². The molecule has 0 radical (unpaired) electrons. The van der Waals surface area contributed by atoms with Crippen molar-refractivity contribution in [3.8, 4) is 5.75 Å². The summed E-state index contributed by atoms with van der Waals surface area (Å²) in [5, 5.41) is 3.20. The van der Waals surface area contributed by atoms with Crippen molar-refractivity contribution in [2.24, 2.45) is 10.7 Å². The maximum Gasteiger partial charge on any atom is 0.193 e. The molecule has 0 aliphatic heterocycles. The lowest BCUT2D eigenvalue weighted by molar-refractivity contribution is 0.185. The number of nitrogens with one attached hydrogen (secondary N) is 1. The third-order valence-corrected chi connectivity index (χ3v) is 4.75. The number of hydrogen-bond donors (Lipinski definition) is 2. The largest absolute Gasteiger partial charge is 0.497 e. The van der Waals surface area contributed by atoms with Crippen LogP contribution in [-0.2, 0) is 11.3 Å². The number of aliphatic imine (C=N–C) groups is 1. The van der Waals surface area contributed by atoms with E-state index >= 15 is 0 Å². The van der Waals surface area contributed by atoms with Crippen molar-refractivity contribution in [2.45, 2.75) is 26.5 Å². The molecule has 2 aromatic carbocycles. The predicted molar refractivity (Wildman–Crippen MR) is 131 cm³/mol. The summed E-state index contributed by atoms with van der Waals surface area (Å²) >= 11 is 0. The Labute approximate surface area is 191 Å². The molecular formula is C22H33IN4O2. The monoisotopic (exact) mass is 512 g/mol. The number of likely N-dealkylation sites (N-methyl/N-ethyl adjacent to an activating group) is 1. The molecule has 0 heterocycles. The number of methoxy groups -OCH3 is 2. The van der Waals surface area contributed by atoms with Gasteiger partial charge < -0.3 is 20.5 Å².